The molecule has 1 aliphatic heterocycles. The maximum Gasteiger partial charge on any atom is 0.345 e. The molecule has 1 aromatic carbocycles. The van der Waals surface area contributed by atoms with Crippen molar-refractivity contribution in [3.8, 4) is 11.3 Å². The van der Waals surface area contributed by atoms with Crippen molar-refractivity contribution in [1.82, 2.24) is 19.3 Å². The SMILES string of the molecule is Cc1cn2cc(-c3cc4ccc(N5CCN(CCCO)[C@@H](C)C5)cc4oc3=O)nc2c(C)n1. The normalized spacial score (nSPS) is 17.3. The van der Waals surface area contributed by atoms with Gasteiger partial charge in [0.05, 0.1) is 22.6 Å². The second kappa shape index (κ2) is 8.61. The minimum Gasteiger partial charge on any atom is -0.422 e. The first-order chi connectivity index (χ1) is 15.9. The van der Waals surface area contributed by atoms with E-state index in [1.165, 1.54) is 0 Å². The summed E-state index contributed by atoms with van der Waals surface area (Å²) in [7, 11) is 0. The molecule has 1 saturated heterocycles. The van der Waals surface area contributed by atoms with Crippen LogP contribution in [0.15, 0.2) is 45.9 Å². The van der Waals surface area contributed by atoms with Crippen LogP contribution in [0, 0.1) is 13.8 Å². The Hall–Kier alpha value is -3.23. The van der Waals surface area contributed by atoms with Crippen molar-refractivity contribution in [2.24, 2.45) is 0 Å². The van der Waals surface area contributed by atoms with E-state index in [0.29, 0.717) is 22.9 Å². The number of anilines is 1. The van der Waals surface area contributed by atoms with E-state index in [1.807, 2.05) is 48.8 Å². The van der Waals surface area contributed by atoms with Crippen LogP contribution in [0.5, 0.6) is 0 Å². The second-order valence-electron chi connectivity index (χ2n) is 8.90. The lowest BCUT2D eigenvalue weighted by Crippen LogP contribution is -2.52. The van der Waals surface area contributed by atoms with Gasteiger partial charge in [-0.2, -0.15) is 0 Å². The number of benzene rings is 1. The molecule has 1 N–H and O–H groups in total. The Morgan fingerprint density at radius 3 is 2.79 bits per heavy atom. The number of hydrogen-bond donors (Lipinski definition) is 1. The lowest BCUT2D eigenvalue weighted by atomic mass is 10.1. The van der Waals surface area contributed by atoms with E-state index in [4.69, 9.17) is 9.52 Å². The van der Waals surface area contributed by atoms with Gasteiger partial charge >= 0.3 is 5.63 Å². The number of aliphatic hydroxyl groups excluding tert-OH is 1. The molecule has 1 fully saturated rings. The molecule has 5 rings (SSSR count). The van der Waals surface area contributed by atoms with E-state index in [0.717, 1.165) is 60.7 Å². The smallest absolute Gasteiger partial charge is 0.345 e. The molecule has 0 amide bonds. The summed E-state index contributed by atoms with van der Waals surface area (Å²) >= 11 is 0. The average molecular weight is 448 g/mol. The molecule has 0 bridgehead atoms. The molecule has 0 saturated carbocycles. The van der Waals surface area contributed by atoms with Crippen LogP contribution in [0.1, 0.15) is 24.7 Å². The summed E-state index contributed by atoms with van der Waals surface area (Å²) in [5, 5.41) is 9.97. The molecule has 1 atom stereocenters. The monoisotopic (exact) mass is 447 g/mol. The number of hydrogen-bond acceptors (Lipinski definition) is 7. The Morgan fingerprint density at radius 1 is 1.15 bits per heavy atom. The first-order valence-corrected chi connectivity index (χ1v) is 11.4. The highest BCUT2D eigenvalue weighted by Gasteiger charge is 2.24. The maximum absolute atomic E-state index is 12.9. The van der Waals surface area contributed by atoms with E-state index in [2.05, 4.69) is 32.8 Å². The number of piperazine rings is 1. The number of aliphatic hydroxyl groups is 1. The summed E-state index contributed by atoms with van der Waals surface area (Å²) in [6.45, 7) is 9.95. The Kier molecular flexibility index (Phi) is 5.64. The van der Waals surface area contributed by atoms with Crippen LogP contribution in [0.4, 0.5) is 5.69 Å². The van der Waals surface area contributed by atoms with Crippen LogP contribution in [0.25, 0.3) is 27.9 Å². The van der Waals surface area contributed by atoms with Gasteiger partial charge in [-0.05, 0) is 45.4 Å². The molecule has 0 aliphatic carbocycles. The van der Waals surface area contributed by atoms with Crippen LogP contribution in [0.3, 0.4) is 0 Å². The molecule has 172 valence electrons. The number of fused-ring (bicyclic) bond motifs is 2. The van der Waals surface area contributed by atoms with Crippen molar-refractivity contribution in [1.29, 1.82) is 0 Å². The second-order valence-corrected chi connectivity index (χ2v) is 8.90. The lowest BCUT2D eigenvalue weighted by Gasteiger charge is -2.41. The van der Waals surface area contributed by atoms with Gasteiger partial charge in [-0.1, -0.05) is 0 Å². The predicted molar refractivity (Wildman–Crippen MR) is 129 cm³/mol. The maximum atomic E-state index is 12.9. The number of nitrogens with zero attached hydrogens (tertiary/aromatic N) is 5. The Balaban J connectivity index is 1.44. The Morgan fingerprint density at radius 2 is 2.00 bits per heavy atom. The quantitative estimate of drug-likeness (QED) is 0.471. The molecular formula is C25H29N5O3. The van der Waals surface area contributed by atoms with E-state index >= 15 is 0 Å². The van der Waals surface area contributed by atoms with Crippen molar-refractivity contribution in [2.45, 2.75) is 33.2 Å². The van der Waals surface area contributed by atoms with Crippen molar-refractivity contribution in [3.63, 3.8) is 0 Å². The van der Waals surface area contributed by atoms with Crippen LogP contribution in [0.2, 0.25) is 0 Å². The fourth-order valence-electron chi connectivity index (χ4n) is 4.75. The first-order valence-electron chi connectivity index (χ1n) is 11.4. The number of aryl methyl sites for hydroxylation is 2. The predicted octanol–water partition coefficient (Wildman–Crippen LogP) is 3.01. The summed E-state index contributed by atoms with van der Waals surface area (Å²) in [6.07, 6.45) is 4.55. The topological polar surface area (TPSA) is 87.1 Å². The lowest BCUT2D eigenvalue weighted by molar-refractivity contribution is 0.169. The number of aromatic nitrogens is 3. The largest absolute Gasteiger partial charge is 0.422 e. The van der Waals surface area contributed by atoms with Gasteiger partial charge in [0.15, 0.2) is 5.65 Å². The van der Waals surface area contributed by atoms with Gasteiger partial charge in [0.2, 0.25) is 0 Å². The molecular weight excluding hydrogens is 418 g/mol. The molecule has 0 unspecified atom stereocenters. The highest BCUT2D eigenvalue weighted by atomic mass is 16.4. The Labute approximate surface area is 192 Å². The van der Waals surface area contributed by atoms with Gasteiger partial charge in [0.1, 0.15) is 5.58 Å². The summed E-state index contributed by atoms with van der Waals surface area (Å²) in [6, 6.07) is 8.30. The van der Waals surface area contributed by atoms with Crippen LogP contribution >= 0.6 is 0 Å². The molecule has 33 heavy (non-hydrogen) atoms. The third-order valence-electron chi connectivity index (χ3n) is 6.46. The molecule has 8 nitrogen and oxygen atoms in total. The van der Waals surface area contributed by atoms with Gasteiger partial charge < -0.3 is 18.8 Å². The third-order valence-corrected chi connectivity index (χ3v) is 6.46. The summed E-state index contributed by atoms with van der Waals surface area (Å²) in [5.74, 6) is 0. The van der Waals surface area contributed by atoms with Crippen molar-refractivity contribution < 1.29 is 9.52 Å². The number of imidazole rings is 1. The molecule has 4 heterocycles. The molecule has 4 aromatic rings. The highest BCUT2D eigenvalue weighted by molar-refractivity contribution is 5.84. The molecule has 8 heteroatoms. The third kappa shape index (κ3) is 4.12. The van der Waals surface area contributed by atoms with Gasteiger partial charge in [0.25, 0.3) is 0 Å². The van der Waals surface area contributed by atoms with E-state index in [-0.39, 0.29) is 6.61 Å². The highest BCUT2D eigenvalue weighted by Crippen LogP contribution is 2.27. The van der Waals surface area contributed by atoms with Crippen LogP contribution < -0.4 is 10.5 Å². The average Bonchev–Trinajstić information content (AvgIpc) is 3.21. The Bertz CT molecular complexity index is 1380. The summed E-state index contributed by atoms with van der Waals surface area (Å²) in [4.78, 5) is 26.7. The number of rotatable bonds is 5. The van der Waals surface area contributed by atoms with Gasteiger partial charge in [-0.15, -0.1) is 0 Å². The van der Waals surface area contributed by atoms with Gasteiger partial charge in [-0.25, -0.2) is 9.78 Å². The van der Waals surface area contributed by atoms with Crippen molar-refractivity contribution in [3.05, 3.63) is 58.5 Å². The van der Waals surface area contributed by atoms with Crippen molar-refractivity contribution >= 4 is 22.3 Å². The van der Waals surface area contributed by atoms with E-state index < -0.39 is 5.63 Å². The van der Waals surface area contributed by atoms with Crippen molar-refractivity contribution in [2.75, 3.05) is 37.7 Å². The molecule has 0 radical (unpaired) electrons. The minimum atomic E-state index is -0.396. The summed E-state index contributed by atoms with van der Waals surface area (Å²) in [5.41, 5.74) is 4.71. The molecule has 0 spiro atoms. The summed E-state index contributed by atoms with van der Waals surface area (Å²) < 4.78 is 7.65. The van der Waals surface area contributed by atoms with Crippen LogP contribution in [-0.4, -0.2) is 63.2 Å². The first kappa shape index (κ1) is 21.6. The fourth-order valence-corrected chi connectivity index (χ4v) is 4.75. The van der Waals surface area contributed by atoms with Crippen LogP contribution in [-0.2, 0) is 0 Å². The molecule has 3 aromatic heterocycles. The zero-order valence-electron chi connectivity index (χ0n) is 19.3. The van der Waals surface area contributed by atoms with E-state index in [9.17, 15) is 4.79 Å². The zero-order valence-corrected chi connectivity index (χ0v) is 19.3. The van der Waals surface area contributed by atoms with Gasteiger partial charge in [0, 0.05) is 68.4 Å². The van der Waals surface area contributed by atoms with E-state index in [1.54, 1.807) is 0 Å². The fraction of sp³-hybridized carbons (Fsp3) is 0.400. The zero-order chi connectivity index (χ0) is 23.1. The van der Waals surface area contributed by atoms with Gasteiger partial charge in [-0.3, -0.25) is 9.88 Å². The standard InChI is InChI=1S/C25H29N5O3/c1-16-13-30-15-22(27-24(30)18(3)26-16)21-11-19-5-6-20(12-23(19)33-25(21)32)29-9-8-28(7-4-10-31)17(2)14-29/h5-6,11-13,15,17,31H,4,7-10,14H2,1-3H3/t17-/m0/s1. The molecule has 1 aliphatic rings. The minimum absolute atomic E-state index is 0.226.